The van der Waals surface area contributed by atoms with Crippen LogP contribution in [0.3, 0.4) is 0 Å². The van der Waals surface area contributed by atoms with Crippen LogP contribution in [0.1, 0.15) is 19.8 Å². The molecule has 0 aliphatic heterocycles. The predicted molar refractivity (Wildman–Crippen MR) is 43.0 cm³/mol. The molecule has 7 heteroatoms. The number of alkyl halides is 3. The number of nitrogens with two attached hydrogens (primary N) is 1. The summed E-state index contributed by atoms with van der Waals surface area (Å²) in [6.45, 7) is 0.291. The molecule has 0 radical (unpaired) electrons. The average molecular weight is 214 g/mol. The van der Waals surface area contributed by atoms with Gasteiger partial charge in [-0.15, -0.1) is 0 Å². The number of carbonyl (C=O) groups is 1. The van der Waals surface area contributed by atoms with Gasteiger partial charge in [0.05, 0.1) is 0 Å². The Morgan fingerprint density at radius 3 is 2.50 bits per heavy atom. The molecule has 0 saturated heterocycles. The SMILES string of the molecule is CCCC(OCC(F)(F)F)C(=O)NN. The summed E-state index contributed by atoms with van der Waals surface area (Å²) in [5.41, 5.74) is 1.75. The molecule has 84 valence electrons. The van der Waals surface area contributed by atoms with Gasteiger partial charge in [-0.3, -0.25) is 10.2 Å². The van der Waals surface area contributed by atoms with E-state index in [1.807, 2.05) is 0 Å². The van der Waals surface area contributed by atoms with Crippen molar-refractivity contribution in [3.8, 4) is 0 Å². The Morgan fingerprint density at radius 2 is 2.14 bits per heavy atom. The minimum absolute atomic E-state index is 0.207. The largest absolute Gasteiger partial charge is 0.411 e. The van der Waals surface area contributed by atoms with E-state index in [0.29, 0.717) is 6.42 Å². The van der Waals surface area contributed by atoms with E-state index in [1.54, 1.807) is 12.3 Å². The van der Waals surface area contributed by atoms with E-state index in [0.717, 1.165) is 0 Å². The summed E-state index contributed by atoms with van der Waals surface area (Å²) in [6, 6.07) is 0. The molecular formula is C7H13F3N2O2. The van der Waals surface area contributed by atoms with Gasteiger partial charge in [-0.25, -0.2) is 5.84 Å². The highest BCUT2D eigenvalue weighted by atomic mass is 19.4. The summed E-state index contributed by atoms with van der Waals surface area (Å²) >= 11 is 0. The van der Waals surface area contributed by atoms with Crippen LogP contribution in [0.4, 0.5) is 13.2 Å². The number of halogens is 3. The highest BCUT2D eigenvalue weighted by Crippen LogP contribution is 2.16. The van der Waals surface area contributed by atoms with Gasteiger partial charge in [-0.2, -0.15) is 13.2 Å². The van der Waals surface area contributed by atoms with Gasteiger partial charge < -0.3 is 4.74 Å². The normalized spacial score (nSPS) is 13.8. The molecule has 1 amide bonds. The quantitative estimate of drug-likeness (QED) is 0.402. The van der Waals surface area contributed by atoms with Gasteiger partial charge >= 0.3 is 6.18 Å². The van der Waals surface area contributed by atoms with Crippen molar-refractivity contribution in [3.63, 3.8) is 0 Å². The van der Waals surface area contributed by atoms with Crippen LogP contribution < -0.4 is 11.3 Å². The standard InChI is InChI=1S/C7H13F3N2O2/c1-2-3-5(6(13)12-11)14-4-7(8,9)10/h5H,2-4,11H2,1H3,(H,12,13). The van der Waals surface area contributed by atoms with Crippen molar-refractivity contribution in [2.45, 2.75) is 32.0 Å². The molecule has 0 aliphatic rings. The number of carbonyl (C=O) groups excluding carboxylic acids is 1. The molecule has 0 aliphatic carbocycles. The molecule has 1 atom stereocenters. The lowest BCUT2D eigenvalue weighted by Crippen LogP contribution is -2.41. The number of nitrogens with one attached hydrogen (secondary N) is 1. The molecule has 0 bridgehead atoms. The van der Waals surface area contributed by atoms with Crippen molar-refractivity contribution in [3.05, 3.63) is 0 Å². The van der Waals surface area contributed by atoms with E-state index in [-0.39, 0.29) is 6.42 Å². The zero-order valence-electron chi connectivity index (χ0n) is 7.73. The second kappa shape index (κ2) is 5.82. The van der Waals surface area contributed by atoms with Crippen molar-refractivity contribution in [2.24, 2.45) is 5.84 Å². The first-order chi connectivity index (χ1) is 6.40. The third-order valence-corrected chi connectivity index (χ3v) is 1.43. The highest BCUT2D eigenvalue weighted by Gasteiger charge is 2.30. The Bertz CT molecular complexity index is 184. The Kier molecular flexibility index (Phi) is 5.47. The van der Waals surface area contributed by atoms with Crippen LogP contribution in [0.2, 0.25) is 0 Å². The van der Waals surface area contributed by atoms with Crippen LogP contribution in [0, 0.1) is 0 Å². The molecule has 0 saturated carbocycles. The lowest BCUT2D eigenvalue weighted by atomic mass is 10.2. The molecule has 0 aromatic carbocycles. The first kappa shape index (κ1) is 13.2. The molecule has 0 fully saturated rings. The summed E-state index contributed by atoms with van der Waals surface area (Å²) in [5, 5.41) is 0. The Labute approximate surface area is 79.6 Å². The number of rotatable bonds is 5. The molecule has 0 aromatic heterocycles. The van der Waals surface area contributed by atoms with E-state index < -0.39 is 24.8 Å². The van der Waals surface area contributed by atoms with Gasteiger partial charge in [-0.1, -0.05) is 13.3 Å². The topological polar surface area (TPSA) is 64.3 Å². The van der Waals surface area contributed by atoms with Crippen molar-refractivity contribution >= 4 is 5.91 Å². The maximum absolute atomic E-state index is 11.7. The highest BCUT2D eigenvalue weighted by molar-refractivity contribution is 5.80. The van der Waals surface area contributed by atoms with Crippen LogP contribution in [-0.2, 0) is 9.53 Å². The fraction of sp³-hybridized carbons (Fsp3) is 0.857. The molecule has 1 unspecified atom stereocenters. The molecule has 3 N–H and O–H groups in total. The molecule has 0 aromatic rings. The zero-order chi connectivity index (χ0) is 11.2. The molecule has 14 heavy (non-hydrogen) atoms. The van der Waals surface area contributed by atoms with E-state index in [2.05, 4.69) is 4.74 Å². The average Bonchev–Trinajstić information content (AvgIpc) is 2.09. The van der Waals surface area contributed by atoms with E-state index >= 15 is 0 Å². The van der Waals surface area contributed by atoms with Crippen LogP contribution in [0.5, 0.6) is 0 Å². The second-order valence-corrected chi connectivity index (χ2v) is 2.71. The fourth-order valence-electron chi connectivity index (χ4n) is 0.840. The van der Waals surface area contributed by atoms with Crippen LogP contribution in [0.15, 0.2) is 0 Å². The number of hydrogen-bond donors (Lipinski definition) is 2. The molecule has 0 spiro atoms. The van der Waals surface area contributed by atoms with Crippen LogP contribution >= 0.6 is 0 Å². The van der Waals surface area contributed by atoms with E-state index in [4.69, 9.17) is 5.84 Å². The number of amides is 1. The summed E-state index contributed by atoms with van der Waals surface area (Å²) in [5.74, 6) is 4.04. The van der Waals surface area contributed by atoms with Gasteiger partial charge in [0.15, 0.2) is 0 Å². The van der Waals surface area contributed by atoms with Gasteiger partial charge in [-0.05, 0) is 6.42 Å². The third kappa shape index (κ3) is 5.76. The van der Waals surface area contributed by atoms with Gasteiger partial charge in [0.1, 0.15) is 12.7 Å². The van der Waals surface area contributed by atoms with Crippen molar-refractivity contribution in [1.82, 2.24) is 5.43 Å². The van der Waals surface area contributed by atoms with Crippen molar-refractivity contribution in [2.75, 3.05) is 6.61 Å². The van der Waals surface area contributed by atoms with Crippen molar-refractivity contribution < 1.29 is 22.7 Å². The maximum atomic E-state index is 11.7. The Morgan fingerprint density at radius 1 is 1.57 bits per heavy atom. The lowest BCUT2D eigenvalue weighted by Gasteiger charge is -2.16. The van der Waals surface area contributed by atoms with Gasteiger partial charge in [0.2, 0.25) is 0 Å². The summed E-state index contributed by atoms with van der Waals surface area (Å²) in [4.78, 5) is 10.9. The minimum Gasteiger partial charge on any atom is -0.359 e. The van der Waals surface area contributed by atoms with Gasteiger partial charge in [0.25, 0.3) is 5.91 Å². The smallest absolute Gasteiger partial charge is 0.359 e. The fourth-order valence-corrected chi connectivity index (χ4v) is 0.840. The maximum Gasteiger partial charge on any atom is 0.411 e. The Hall–Kier alpha value is -0.820. The third-order valence-electron chi connectivity index (χ3n) is 1.43. The monoisotopic (exact) mass is 214 g/mol. The van der Waals surface area contributed by atoms with Crippen LogP contribution in [-0.4, -0.2) is 24.8 Å². The first-order valence-corrected chi connectivity index (χ1v) is 4.09. The zero-order valence-corrected chi connectivity index (χ0v) is 7.73. The first-order valence-electron chi connectivity index (χ1n) is 4.09. The van der Waals surface area contributed by atoms with Crippen LogP contribution in [0.25, 0.3) is 0 Å². The summed E-state index contributed by atoms with van der Waals surface area (Å²) in [7, 11) is 0. The second-order valence-electron chi connectivity index (χ2n) is 2.71. The Balaban J connectivity index is 4.03. The molecule has 0 rings (SSSR count). The lowest BCUT2D eigenvalue weighted by molar-refractivity contribution is -0.188. The number of hydrazine groups is 1. The molecular weight excluding hydrogens is 201 g/mol. The predicted octanol–water partition coefficient (Wildman–Crippen LogP) is 0.724. The molecule has 0 heterocycles. The van der Waals surface area contributed by atoms with Crippen molar-refractivity contribution in [1.29, 1.82) is 0 Å². The minimum atomic E-state index is -4.43. The number of ether oxygens (including phenoxy) is 1. The van der Waals surface area contributed by atoms with E-state index in [9.17, 15) is 18.0 Å². The summed E-state index contributed by atoms with van der Waals surface area (Å²) < 4.78 is 39.6. The summed E-state index contributed by atoms with van der Waals surface area (Å²) in [6.07, 6.45) is -4.82. The number of hydrogen-bond acceptors (Lipinski definition) is 3. The van der Waals surface area contributed by atoms with E-state index in [1.165, 1.54) is 0 Å². The van der Waals surface area contributed by atoms with Gasteiger partial charge in [0, 0.05) is 0 Å². The molecule has 4 nitrogen and oxygen atoms in total.